The minimum absolute atomic E-state index is 0.0291. The lowest BCUT2D eigenvalue weighted by atomic mass is 9.78. The summed E-state index contributed by atoms with van der Waals surface area (Å²) in [5.41, 5.74) is 2.22. The van der Waals surface area contributed by atoms with Crippen LogP contribution in [0.1, 0.15) is 31.4 Å². The van der Waals surface area contributed by atoms with Crippen LogP contribution in [0.5, 0.6) is 0 Å². The molecule has 2 N–H and O–H groups in total. The van der Waals surface area contributed by atoms with Crippen molar-refractivity contribution in [2.45, 2.75) is 32.1 Å². The van der Waals surface area contributed by atoms with Crippen LogP contribution < -0.4 is 5.32 Å². The Morgan fingerprint density at radius 2 is 2.18 bits per heavy atom. The Bertz CT molecular complexity index is 491. The molecule has 0 aliphatic carbocycles. The summed E-state index contributed by atoms with van der Waals surface area (Å²) in [7, 11) is 0. The van der Waals surface area contributed by atoms with Gasteiger partial charge >= 0.3 is 5.97 Å². The number of carbonyl (C=O) groups is 2. The summed E-state index contributed by atoms with van der Waals surface area (Å²) in [6.07, 6.45) is 0.395. The van der Waals surface area contributed by atoms with Crippen LogP contribution in [0.2, 0.25) is 0 Å². The van der Waals surface area contributed by atoms with Crippen LogP contribution in [0, 0.1) is 0 Å². The zero-order valence-corrected chi connectivity index (χ0v) is 9.91. The van der Waals surface area contributed by atoms with E-state index in [1.54, 1.807) is 0 Å². The van der Waals surface area contributed by atoms with Crippen LogP contribution in [-0.4, -0.2) is 17.0 Å². The Hall–Kier alpha value is -1.84. The molecular weight excluding hydrogens is 218 g/mol. The van der Waals surface area contributed by atoms with Gasteiger partial charge in [-0.3, -0.25) is 9.59 Å². The zero-order valence-electron chi connectivity index (χ0n) is 9.91. The minimum atomic E-state index is -0.829. The second-order valence-corrected chi connectivity index (χ2v) is 5.01. The maximum Gasteiger partial charge on any atom is 0.304 e. The molecule has 4 heteroatoms. The van der Waals surface area contributed by atoms with Crippen LogP contribution in [0.4, 0.5) is 5.69 Å². The Morgan fingerprint density at radius 1 is 1.47 bits per heavy atom. The Kier molecular flexibility index (Phi) is 2.65. The summed E-state index contributed by atoms with van der Waals surface area (Å²) in [6, 6.07) is 5.60. The van der Waals surface area contributed by atoms with Gasteiger partial charge in [0.25, 0.3) is 0 Å². The molecule has 2 rings (SSSR count). The summed E-state index contributed by atoms with van der Waals surface area (Å²) in [5, 5.41) is 11.7. The molecule has 0 bridgehead atoms. The molecule has 0 saturated carbocycles. The molecule has 1 aliphatic rings. The first-order valence-corrected chi connectivity index (χ1v) is 5.54. The molecule has 0 atom stereocenters. The fourth-order valence-corrected chi connectivity index (χ4v) is 2.36. The molecule has 0 spiro atoms. The molecule has 17 heavy (non-hydrogen) atoms. The van der Waals surface area contributed by atoms with Gasteiger partial charge in [0, 0.05) is 11.1 Å². The van der Waals surface area contributed by atoms with Crippen LogP contribution in [0.15, 0.2) is 18.2 Å². The van der Waals surface area contributed by atoms with E-state index in [2.05, 4.69) is 5.32 Å². The molecule has 0 unspecified atom stereocenters. The molecular formula is C13H15NO3. The lowest BCUT2D eigenvalue weighted by Crippen LogP contribution is -2.23. The molecule has 90 valence electrons. The standard InChI is InChI=1S/C13H15NO3/c1-13(2,7-12(16)17)9-4-3-5-10-8(9)6-11(15)14-10/h3-5H,6-7H2,1-2H3,(H,14,15)(H,16,17). The predicted molar refractivity (Wildman–Crippen MR) is 64.1 cm³/mol. The monoisotopic (exact) mass is 233 g/mol. The van der Waals surface area contributed by atoms with Crippen molar-refractivity contribution in [2.24, 2.45) is 0 Å². The molecule has 1 aromatic carbocycles. The van der Waals surface area contributed by atoms with Crippen LogP contribution in [0.25, 0.3) is 0 Å². The highest BCUT2D eigenvalue weighted by molar-refractivity contribution is 5.99. The fourth-order valence-electron chi connectivity index (χ4n) is 2.36. The van der Waals surface area contributed by atoms with Gasteiger partial charge in [0.1, 0.15) is 0 Å². The Balaban J connectivity index is 2.44. The van der Waals surface area contributed by atoms with Crippen molar-refractivity contribution in [1.29, 1.82) is 0 Å². The van der Waals surface area contributed by atoms with Crippen molar-refractivity contribution < 1.29 is 14.7 Å². The van der Waals surface area contributed by atoms with Gasteiger partial charge in [-0.25, -0.2) is 0 Å². The van der Waals surface area contributed by atoms with Crippen molar-refractivity contribution in [3.8, 4) is 0 Å². The van der Waals surface area contributed by atoms with Crippen LogP contribution in [-0.2, 0) is 21.4 Å². The number of carbonyl (C=O) groups excluding carboxylic acids is 1. The van der Waals surface area contributed by atoms with E-state index in [-0.39, 0.29) is 12.3 Å². The van der Waals surface area contributed by atoms with Crippen molar-refractivity contribution >= 4 is 17.6 Å². The zero-order chi connectivity index (χ0) is 12.6. The summed E-state index contributed by atoms with van der Waals surface area (Å²) in [4.78, 5) is 22.2. The highest BCUT2D eigenvalue weighted by Crippen LogP contribution is 2.36. The number of benzene rings is 1. The number of amides is 1. The second kappa shape index (κ2) is 3.87. The molecule has 1 amide bonds. The van der Waals surface area contributed by atoms with Crippen LogP contribution >= 0.6 is 0 Å². The smallest absolute Gasteiger partial charge is 0.304 e. The first-order valence-electron chi connectivity index (χ1n) is 5.54. The number of nitrogens with one attached hydrogen (secondary N) is 1. The lowest BCUT2D eigenvalue weighted by Gasteiger charge is -2.25. The van der Waals surface area contributed by atoms with Gasteiger partial charge in [-0.15, -0.1) is 0 Å². The molecule has 1 aromatic rings. The number of rotatable bonds is 3. The molecule has 0 saturated heterocycles. The highest BCUT2D eigenvalue weighted by atomic mass is 16.4. The van der Waals surface area contributed by atoms with Gasteiger partial charge in [-0.05, 0) is 17.2 Å². The number of hydrogen-bond acceptors (Lipinski definition) is 2. The molecule has 0 radical (unpaired) electrons. The maximum absolute atomic E-state index is 11.4. The van der Waals surface area contributed by atoms with E-state index in [4.69, 9.17) is 5.11 Å². The number of carboxylic acids is 1. The largest absolute Gasteiger partial charge is 0.481 e. The lowest BCUT2D eigenvalue weighted by molar-refractivity contribution is -0.138. The molecule has 4 nitrogen and oxygen atoms in total. The first kappa shape index (κ1) is 11.6. The van der Waals surface area contributed by atoms with E-state index in [0.717, 1.165) is 16.8 Å². The molecule has 0 aromatic heterocycles. The van der Waals surface area contributed by atoms with Crippen molar-refractivity contribution in [3.05, 3.63) is 29.3 Å². The van der Waals surface area contributed by atoms with Crippen molar-refractivity contribution in [3.63, 3.8) is 0 Å². The quantitative estimate of drug-likeness (QED) is 0.838. The first-order chi connectivity index (χ1) is 7.90. The van der Waals surface area contributed by atoms with Crippen molar-refractivity contribution in [2.75, 3.05) is 5.32 Å². The Morgan fingerprint density at radius 3 is 2.82 bits per heavy atom. The number of aliphatic carboxylic acids is 1. The minimum Gasteiger partial charge on any atom is -0.481 e. The summed E-state index contributed by atoms with van der Waals surface area (Å²) < 4.78 is 0. The number of carboxylic acid groups (broad SMARTS) is 1. The van der Waals surface area contributed by atoms with Crippen LogP contribution in [0.3, 0.4) is 0 Å². The number of hydrogen-bond donors (Lipinski definition) is 2. The molecule has 1 heterocycles. The number of fused-ring (bicyclic) bond motifs is 1. The third-order valence-electron chi connectivity index (χ3n) is 3.11. The normalized spacial score (nSPS) is 14.4. The van der Waals surface area contributed by atoms with E-state index in [1.807, 2.05) is 32.0 Å². The molecule has 1 aliphatic heterocycles. The van der Waals surface area contributed by atoms with Gasteiger partial charge in [-0.2, -0.15) is 0 Å². The highest BCUT2D eigenvalue weighted by Gasteiger charge is 2.30. The van der Waals surface area contributed by atoms with Gasteiger partial charge in [0.2, 0.25) is 5.91 Å². The van der Waals surface area contributed by atoms with E-state index >= 15 is 0 Å². The SMILES string of the molecule is CC(C)(CC(=O)O)c1cccc2c1CC(=O)N2. The van der Waals surface area contributed by atoms with E-state index < -0.39 is 11.4 Å². The van der Waals surface area contributed by atoms with E-state index in [1.165, 1.54) is 0 Å². The number of anilines is 1. The summed E-state index contributed by atoms with van der Waals surface area (Å²) in [5.74, 6) is -0.858. The van der Waals surface area contributed by atoms with E-state index in [0.29, 0.717) is 6.42 Å². The fraction of sp³-hybridized carbons (Fsp3) is 0.385. The summed E-state index contributed by atoms with van der Waals surface area (Å²) in [6.45, 7) is 3.78. The molecule has 0 fully saturated rings. The second-order valence-electron chi connectivity index (χ2n) is 5.01. The topological polar surface area (TPSA) is 66.4 Å². The van der Waals surface area contributed by atoms with Gasteiger partial charge in [0.15, 0.2) is 0 Å². The van der Waals surface area contributed by atoms with Gasteiger partial charge < -0.3 is 10.4 Å². The third-order valence-corrected chi connectivity index (χ3v) is 3.11. The van der Waals surface area contributed by atoms with E-state index in [9.17, 15) is 9.59 Å². The van der Waals surface area contributed by atoms with Crippen molar-refractivity contribution in [1.82, 2.24) is 0 Å². The summed E-state index contributed by atoms with van der Waals surface area (Å²) >= 11 is 0. The Labute approximate surface area is 99.6 Å². The predicted octanol–water partition coefficient (Wildman–Crippen LogP) is 1.93. The maximum atomic E-state index is 11.4. The van der Waals surface area contributed by atoms with Gasteiger partial charge in [0.05, 0.1) is 12.8 Å². The third kappa shape index (κ3) is 2.16. The van der Waals surface area contributed by atoms with Gasteiger partial charge in [-0.1, -0.05) is 26.0 Å². The average molecular weight is 233 g/mol. The average Bonchev–Trinajstić information content (AvgIpc) is 2.54.